The van der Waals surface area contributed by atoms with Crippen LogP contribution in [-0.2, 0) is 0 Å². The average Bonchev–Trinajstić information content (AvgIpc) is 2.46. The summed E-state index contributed by atoms with van der Waals surface area (Å²) in [5.41, 5.74) is 5.62. The van der Waals surface area contributed by atoms with E-state index in [0.717, 1.165) is 0 Å². The van der Waals surface area contributed by atoms with Crippen molar-refractivity contribution in [1.82, 2.24) is 15.0 Å². The molecule has 0 aliphatic heterocycles. The number of aliphatic hydroxyl groups is 3. The lowest BCUT2D eigenvalue weighted by molar-refractivity contribution is 0.0777. The van der Waals surface area contributed by atoms with Crippen molar-refractivity contribution in [3.8, 4) is 0 Å². The van der Waals surface area contributed by atoms with Gasteiger partial charge < -0.3 is 26.4 Å². The van der Waals surface area contributed by atoms with Gasteiger partial charge in [0.2, 0.25) is 17.8 Å². The largest absolute Gasteiger partial charge is 0.374 e. The molecule has 0 aromatic carbocycles. The van der Waals surface area contributed by atoms with Crippen LogP contribution in [-0.4, -0.2) is 49.0 Å². The number of aromatic nitrogens is 3. The molecule has 0 spiro atoms. The van der Waals surface area contributed by atoms with Crippen molar-refractivity contribution in [2.75, 3.05) is 16.0 Å². The topological polar surface area (TPSA) is 141 Å². The van der Waals surface area contributed by atoms with Crippen LogP contribution in [0, 0.1) is 0 Å². The monoisotopic (exact) mass is 300 g/mol. The van der Waals surface area contributed by atoms with E-state index in [4.69, 9.17) is 5.73 Å². The van der Waals surface area contributed by atoms with E-state index >= 15 is 0 Å². The Morgan fingerprint density at radius 2 is 1.57 bits per heavy atom. The number of nitrogens with two attached hydrogens (primary N) is 1. The van der Waals surface area contributed by atoms with Gasteiger partial charge in [0.25, 0.3) is 0 Å². The number of nitrogens with zero attached hydrogens (tertiary/aromatic N) is 4. The van der Waals surface area contributed by atoms with Gasteiger partial charge in [-0.2, -0.15) is 15.0 Å². The van der Waals surface area contributed by atoms with E-state index in [0.29, 0.717) is 19.3 Å². The van der Waals surface area contributed by atoms with Gasteiger partial charge in [0.05, 0.1) is 0 Å². The first-order valence-electron chi connectivity index (χ1n) is 7.03. The highest BCUT2D eigenvalue weighted by molar-refractivity contribution is 5.42. The summed E-state index contributed by atoms with van der Waals surface area (Å²) in [6.45, 7) is 5.33. The van der Waals surface area contributed by atoms with Crippen molar-refractivity contribution in [1.29, 1.82) is 0 Å². The first-order valence-corrected chi connectivity index (χ1v) is 7.03. The molecule has 1 aromatic heterocycles. The molecule has 1 aromatic rings. The minimum Gasteiger partial charge on any atom is -0.374 e. The number of anilines is 3. The fraction of sp³-hybridized carbons (Fsp3) is 0.750. The standard InChI is InChI=1S/C12H24N6O3/c1-4-7(19)14-11-15-10(13)16-12(17-11)18(8(20)5-2)9(21)6-3/h7-9,19-21H,4-6H2,1-3H3,(H3,13,14,15,16,17). The maximum atomic E-state index is 10.0. The maximum Gasteiger partial charge on any atom is 0.236 e. The minimum atomic E-state index is -0.953. The van der Waals surface area contributed by atoms with Crippen molar-refractivity contribution >= 4 is 17.8 Å². The second-order valence-electron chi connectivity index (χ2n) is 4.57. The Bertz CT molecular complexity index is 437. The number of nitrogens with one attached hydrogen (secondary N) is 1. The number of hydrogen-bond acceptors (Lipinski definition) is 9. The van der Waals surface area contributed by atoms with Crippen LogP contribution in [0.1, 0.15) is 40.0 Å². The third kappa shape index (κ3) is 4.66. The lowest BCUT2D eigenvalue weighted by atomic mass is 10.3. The molecule has 3 atom stereocenters. The predicted molar refractivity (Wildman–Crippen MR) is 79.2 cm³/mol. The summed E-state index contributed by atoms with van der Waals surface area (Å²) < 4.78 is 0. The molecule has 6 N–H and O–H groups in total. The molecule has 1 heterocycles. The van der Waals surface area contributed by atoms with Crippen LogP contribution in [0.2, 0.25) is 0 Å². The zero-order chi connectivity index (χ0) is 16.0. The first-order chi connectivity index (χ1) is 9.92. The smallest absolute Gasteiger partial charge is 0.236 e. The molecule has 3 unspecified atom stereocenters. The summed E-state index contributed by atoms with van der Waals surface area (Å²) in [6.07, 6.45) is -1.51. The maximum absolute atomic E-state index is 10.0. The molecule has 0 fully saturated rings. The predicted octanol–water partition coefficient (Wildman–Crippen LogP) is -0.143. The van der Waals surface area contributed by atoms with E-state index in [1.54, 1.807) is 20.8 Å². The Morgan fingerprint density at radius 1 is 1.00 bits per heavy atom. The summed E-state index contributed by atoms with van der Waals surface area (Å²) in [5.74, 6) is 0.0721. The number of rotatable bonds is 8. The molecule has 0 aliphatic carbocycles. The van der Waals surface area contributed by atoms with Crippen LogP contribution in [0.25, 0.3) is 0 Å². The van der Waals surface area contributed by atoms with Crippen LogP contribution in [0.5, 0.6) is 0 Å². The molecule has 0 radical (unpaired) electrons. The molecule has 9 nitrogen and oxygen atoms in total. The molecule has 0 bridgehead atoms. The SMILES string of the molecule is CCC(O)Nc1nc(N)nc(N(C(O)CC)C(O)CC)n1. The van der Waals surface area contributed by atoms with Crippen LogP contribution < -0.4 is 16.0 Å². The second kappa shape index (κ2) is 7.91. The molecule has 0 amide bonds. The number of hydrogen-bond donors (Lipinski definition) is 5. The van der Waals surface area contributed by atoms with Crippen molar-refractivity contribution in [2.45, 2.75) is 58.7 Å². The van der Waals surface area contributed by atoms with E-state index in [9.17, 15) is 15.3 Å². The fourth-order valence-corrected chi connectivity index (χ4v) is 1.67. The molecule has 0 aliphatic rings. The Labute approximate surface area is 123 Å². The van der Waals surface area contributed by atoms with Gasteiger partial charge in [-0.3, -0.25) is 4.90 Å². The summed E-state index contributed by atoms with van der Waals surface area (Å²) in [5, 5.41) is 32.3. The van der Waals surface area contributed by atoms with E-state index in [2.05, 4.69) is 20.3 Å². The van der Waals surface area contributed by atoms with E-state index in [1.807, 2.05) is 0 Å². The Balaban J connectivity index is 3.13. The second-order valence-corrected chi connectivity index (χ2v) is 4.57. The highest BCUT2D eigenvalue weighted by Crippen LogP contribution is 2.19. The summed E-state index contributed by atoms with van der Waals surface area (Å²) >= 11 is 0. The van der Waals surface area contributed by atoms with Crippen LogP contribution >= 0.6 is 0 Å². The molecular formula is C12H24N6O3. The average molecular weight is 300 g/mol. The quantitative estimate of drug-likeness (QED) is 0.415. The molecule has 21 heavy (non-hydrogen) atoms. The minimum absolute atomic E-state index is 0.0528. The first kappa shape index (κ1) is 17.3. The van der Waals surface area contributed by atoms with Gasteiger partial charge >= 0.3 is 0 Å². The summed E-state index contributed by atoms with van der Waals surface area (Å²) in [4.78, 5) is 13.2. The van der Waals surface area contributed by atoms with Gasteiger partial charge in [-0.1, -0.05) is 20.8 Å². The normalized spacial score (nSPS) is 15.3. The Kier molecular flexibility index (Phi) is 6.53. The molecular weight excluding hydrogens is 276 g/mol. The highest BCUT2D eigenvalue weighted by atomic mass is 16.3. The lowest BCUT2D eigenvalue weighted by Gasteiger charge is -2.31. The molecule has 1 rings (SSSR count). The van der Waals surface area contributed by atoms with E-state index in [-0.39, 0.29) is 17.8 Å². The molecule has 0 saturated carbocycles. The fourth-order valence-electron chi connectivity index (χ4n) is 1.67. The van der Waals surface area contributed by atoms with Crippen LogP contribution in [0.4, 0.5) is 17.8 Å². The Hall–Kier alpha value is -1.71. The number of aliphatic hydroxyl groups excluding tert-OH is 3. The van der Waals surface area contributed by atoms with Gasteiger partial charge in [0.1, 0.15) is 18.7 Å². The molecule has 9 heteroatoms. The summed E-state index contributed by atoms with van der Waals surface area (Å²) in [7, 11) is 0. The van der Waals surface area contributed by atoms with Crippen molar-refractivity contribution in [2.24, 2.45) is 0 Å². The summed E-state index contributed by atoms with van der Waals surface area (Å²) in [6, 6.07) is 0. The van der Waals surface area contributed by atoms with E-state index < -0.39 is 18.7 Å². The van der Waals surface area contributed by atoms with Gasteiger partial charge in [0, 0.05) is 0 Å². The molecule has 120 valence electrons. The van der Waals surface area contributed by atoms with Crippen molar-refractivity contribution in [3.63, 3.8) is 0 Å². The van der Waals surface area contributed by atoms with Gasteiger partial charge in [-0.25, -0.2) is 0 Å². The van der Waals surface area contributed by atoms with Crippen molar-refractivity contribution < 1.29 is 15.3 Å². The lowest BCUT2D eigenvalue weighted by Crippen LogP contribution is -2.44. The third-order valence-electron chi connectivity index (χ3n) is 2.93. The van der Waals surface area contributed by atoms with Gasteiger partial charge in [-0.15, -0.1) is 0 Å². The molecule has 0 saturated heterocycles. The zero-order valence-electron chi connectivity index (χ0n) is 12.6. The van der Waals surface area contributed by atoms with Crippen LogP contribution in [0.15, 0.2) is 0 Å². The third-order valence-corrected chi connectivity index (χ3v) is 2.93. The highest BCUT2D eigenvalue weighted by Gasteiger charge is 2.25. The van der Waals surface area contributed by atoms with Crippen molar-refractivity contribution in [3.05, 3.63) is 0 Å². The van der Waals surface area contributed by atoms with Gasteiger partial charge in [-0.05, 0) is 19.3 Å². The zero-order valence-corrected chi connectivity index (χ0v) is 12.6. The van der Waals surface area contributed by atoms with Gasteiger partial charge in [0.15, 0.2) is 0 Å². The van der Waals surface area contributed by atoms with Crippen LogP contribution in [0.3, 0.4) is 0 Å². The number of nitrogen functional groups attached to an aromatic ring is 1. The Morgan fingerprint density at radius 3 is 2.05 bits per heavy atom. The van der Waals surface area contributed by atoms with E-state index in [1.165, 1.54) is 4.90 Å².